The first-order valence-corrected chi connectivity index (χ1v) is 7.11. The van der Waals surface area contributed by atoms with E-state index in [1.54, 1.807) is 7.11 Å². The van der Waals surface area contributed by atoms with Crippen LogP contribution in [0.1, 0.15) is 52.9 Å². The zero-order valence-electron chi connectivity index (χ0n) is 12.9. The largest absolute Gasteiger partial charge is 0.383 e. The van der Waals surface area contributed by atoms with Crippen molar-refractivity contribution < 1.29 is 4.74 Å². The molecule has 0 aromatic rings. The Morgan fingerprint density at radius 2 is 1.79 bits per heavy atom. The summed E-state index contributed by atoms with van der Waals surface area (Å²) in [4.78, 5) is 4.31. The number of guanidine groups is 1. The SMILES string of the molecule is COCC(C)NC(N)=NCCCCCCC(C)C.I. The van der Waals surface area contributed by atoms with Gasteiger partial charge in [-0.2, -0.15) is 0 Å². The quantitative estimate of drug-likeness (QED) is 0.263. The lowest BCUT2D eigenvalue weighted by molar-refractivity contribution is 0.179. The molecule has 3 N–H and O–H groups in total. The molecule has 0 amide bonds. The van der Waals surface area contributed by atoms with Gasteiger partial charge in [0.15, 0.2) is 5.96 Å². The number of rotatable bonds is 10. The van der Waals surface area contributed by atoms with E-state index in [4.69, 9.17) is 10.5 Å². The summed E-state index contributed by atoms with van der Waals surface area (Å²) in [5.74, 6) is 1.35. The van der Waals surface area contributed by atoms with Crippen molar-refractivity contribution in [3.05, 3.63) is 0 Å². The molecule has 0 spiro atoms. The molecule has 19 heavy (non-hydrogen) atoms. The molecular formula is C14H32IN3O. The van der Waals surface area contributed by atoms with Gasteiger partial charge in [-0.25, -0.2) is 0 Å². The van der Waals surface area contributed by atoms with Gasteiger partial charge in [0.1, 0.15) is 0 Å². The Balaban J connectivity index is 0. The second-order valence-electron chi connectivity index (χ2n) is 5.36. The van der Waals surface area contributed by atoms with E-state index in [2.05, 4.69) is 24.2 Å². The van der Waals surface area contributed by atoms with Crippen LogP contribution in [-0.4, -0.2) is 32.3 Å². The van der Waals surface area contributed by atoms with E-state index in [1.807, 2.05) is 6.92 Å². The first-order valence-electron chi connectivity index (χ1n) is 7.11. The molecule has 5 heteroatoms. The van der Waals surface area contributed by atoms with E-state index in [9.17, 15) is 0 Å². The number of halogens is 1. The van der Waals surface area contributed by atoms with Gasteiger partial charge in [0, 0.05) is 19.7 Å². The predicted molar refractivity (Wildman–Crippen MR) is 94.3 cm³/mol. The van der Waals surface area contributed by atoms with Gasteiger partial charge in [-0.3, -0.25) is 4.99 Å². The molecule has 4 nitrogen and oxygen atoms in total. The number of ether oxygens (including phenoxy) is 1. The Morgan fingerprint density at radius 3 is 2.37 bits per heavy atom. The van der Waals surface area contributed by atoms with Crippen molar-refractivity contribution in [3.63, 3.8) is 0 Å². The molecule has 0 aliphatic carbocycles. The number of unbranched alkanes of at least 4 members (excludes halogenated alkanes) is 3. The highest BCUT2D eigenvalue weighted by molar-refractivity contribution is 14.0. The van der Waals surface area contributed by atoms with Gasteiger partial charge >= 0.3 is 0 Å². The van der Waals surface area contributed by atoms with Crippen molar-refractivity contribution in [2.24, 2.45) is 16.6 Å². The molecule has 0 aliphatic rings. The van der Waals surface area contributed by atoms with E-state index in [0.29, 0.717) is 12.6 Å². The third-order valence-corrected chi connectivity index (χ3v) is 2.78. The fraction of sp³-hybridized carbons (Fsp3) is 0.929. The zero-order valence-corrected chi connectivity index (χ0v) is 15.3. The molecule has 0 aliphatic heterocycles. The van der Waals surface area contributed by atoms with Gasteiger partial charge in [0.05, 0.1) is 6.61 Å². The molecule has 0 bridgehead atoms. The lowest BCUT2D eigenvalue weighted by Gasteiger charge is -2.12. The molecule has 0 rings (SSSR count). The Kier molecular flexibility index (Phi) is 16.1. The zero-order chi connectivity index (χ0) is 13.8. The van der Waals surface area contributed by atoms with Gasteiger partial charge in [0.25, 0.3) is 0 Å². The van der Waals surface area contributed by atoms with Gasteiger partial charge in [-0.15, -0.1) is 24.0 Å². The van der Waals surface area contributed by atoms with Crippen LogP contribution in [0.5, 0.6) is 0 Å². The van der Waals surface area contributed by atoms with Crippen LogP contribution in [-0.2, 0) is 4.74 Å². The third kappa shape index (κ3) is 15.9. The lowest BCUT2D eigenvalue weighted by Crippen LogP contribution is -2.40. The standard InChI is InChI=1S/C14H31N3O.HI/c1-12(2)9-7-5-6-8-10-16-14(15)17-13(3)11-18-4;/h12-13H,5-11H2,1-4H3,(H3,15,16,17);1H. The molecule has 0 saturated heterocycles. The number of nitrogens with two attached hydrogens (primary N) is 1. The molecule has 0 aromatic heterocycles. The highest BCUT2D eigenvalue weighted by atomic mass is 127. The van der Waals surface area contributed by atoms with E-state index in [-0.39, 0.29) is 30.0 Å². The molecular weight excluding hydrogens is 353 g/mol. The number of methoxy groups -OCH3 is 1. The fourth-order valence-corrected chi connectivity index (χ4v) is 1.81. The Morgan fingerprint density at radius 1 is 1.16 bits per heavy atom. The summed E-state index contributed by atoms with van der Waals surface area (Å²) in [5, 5.41) is 3.10. The van der Waals surface area contributed by atoms with Crippen molar-refractivity contribution in [2.45, 2.75) is 58.9 Å². The maximum Gasteiger partial charge on any atom is 0.188 e. The number of hydrogen-bond donors (Lipinski definition) is 2. The first-order chi connectivity index (χ1) is 8.56. The monoisotopic (exact) mass is 385 g/mol. The number of nitrogens with one attached hydrogen (secondary N) is 1. The normalized spacial score (nSPS) is 13.2. The second kappa shape index (κ2) is 14.4. The second-order valence-corrected chi connectivity index (χ2v) is 5.36. The van der Waals surface area contributed by atoms with E-state index in [0.717, 1.165) is 18.9 Å². The smallest absolute Gasteiger partial charge is 0.188 e. The Bertz CT molecular complexity index is 223. The minimum absolute atomic E-state index is 0. The van der Waals surface area contributed by atoms with Crippen LogP contribution in [0.4, 0.5) is 0 Å². The molecule has 0 fully saturated rings. The predicted octanol–water partition coefficient (Wildman–Crippen LogP) is 3.15. The topological polar surface area (TPSA) is 59.6 Å². The number of nitrogens with zero attached hydrogens (tertiary/aromatic N) is 1. The van der Waals surface area contributed by atoms with Gasteiger partial charge in [-0.1, -0.05) is 39.5 Å². The van der Waals surface area contributed by atoms with Crippen LogP contribution in [0.3, 0.4) is 0 Å². The van der Waals surface area contributed by atoms with Crippen molar-refractivity contribution in [2.75, 3.05) is 20.3 Å². The van der Waals surface area contributed by atoms with Gasteiger partial charge in [-0.05, 0) is 19.3 Å². The van der Waals surface area contributed by atoms with Crippen LogP contribution >= 0.6 is 24.0 Å². The molecule has 0 heterocycles. The highest BCUT2D eigenvalue weighted by Crippen LogP contribution is 2.09. The minimum atomic E-state index is 0. The summed E-state index contributed by atoms with van der Waals surface area (Å²) < 4.78 is 5.02. The molecule has 1 atom stereocenters. The van der Waals surface area contributed by atoms with E-state index < -0.39 is 0 Å². The summed E-state index contributed by atoms with van der Waals surface area (Å²) in [6.45, 7) is 8.04. The summed E-state index contributed by atoms with van der Waals surface area (Å²) in [5.41, 5.74) is 5.77. The number of aliphatic imine (C=N–C) groups is 1. The van der Waals surface area contributed by atoms with Crippen molar-refractivity contribution in [1.29, 1.82) is 0 Å². The molecule has 1 unspecified atom stereocenters. The van der Waals surface area contributed by atoms with Crippen LogP contribution in [0, 0.1) is 5.92 Å². The molecule has 116 valence electrons. The van der Waals surface area contributed by atoms with Crippen molar-refractivity contribution in [1.82, 2.24) is 5.32 Å². The van der Waals surface area contributed by atoms with Crippen LogP contribution in [0.25, 0.3) is 0 Å². The summed E-state index contributed by atoms with van der Waals surface area (Å²) in [7, 11) is 1.68. The summed E-state index contributed by atoms with van der Waals surface area (Å²) in [6, 6.07) is 0.213. The van der Waals surface area contributed by atoms with E-state index >= 15 is 0 Å². The van der Waals surface area contributed by atoms with Gasteiger partial charge < -0.3 is 15.8 Å². The highest BCUT2D eigenvalue weighted by Gasteiger charge is 2.00. The summed E-state index contributed by atoms with van der Waals surface area (Å²) >= 11 is 0. The van der Waals surface area contributed by atoms with Crippen LogP contribution < -0.4 is 11.1 Å². The maximum atomic E-state index is 5.77. The Hall–Kier alpha value is -0.0400. The van der Waals surface area contributed by atoms with Crippen molar-refractivity contribution in [3.8, 4) is 0 Å². The third-order valence-electron chi connectivity index (χ3n) is 2.78. The maximum absolute atomic E-state index is 5.77. The van der Waals surface area contributed by atoms with E-state index in [1.165, 1.54) is 25.7 Å². The molecule has 0 saturated carbocycles. The minimum Gasteiger partial charge on any atom is -0.383 e. The Labute approximate surface area is 136 Å². The van der Waals surface area contributed by atoms with Crippen LogP contribution in [0.15, 0.2) is 4.99 Å². The van der Waals surface area contributed by atoms with Crippen molar-refractivity contribution >= 4 is 29.9 Å². The first kappa shape index (κ1) is 21.3. The van der Waals surface area contributed by atoms with Gasteiger partial charge in [0.2, 0.25) is 0 Å². The average molecular weight is 385 g/mol. The lowest BCUT2D eigenvalue weighted by atomic mass is 10.0. The molecule has 0 radical (unpaired) electrons. The molecule has 0 aromatic carbocycles. The average Bonchev–Trinajstić information content (AvgIpc) is 2.27. The fourth-order valence-electron chi connectivity index (χ4n) is 1.81. The van der Waals surface area contributed by atoms with Crippen LogP contribution in [0.2, 0.25) is 0 Å². The summed E-state index contributed by atoms with van der Waals surface area (Å²) in [6.07, 6.45) is 6.35. The number of hydrogen-bond acceptors (Lipinski definition) is 2.